The van der Waals surface area contributed by atoms with Crippen LogP contribution in [-0.2, 0) is 4.79 Å². The van der Waals surface area contributed by atoms with Crippen LogP contribution in [0.4, 0.5) is 4.39 Å². The summed E-state index contributed by atoms with van der Waals surface area (Å²) in [4.78, 5) is 27.7. The molecule has 1 amide bonds. The Kier molecular flexibility index (Phi) is 3.57. The van der Waals surface area contributed by atoms with Gasteiger partial charge in [0.1, 0.15) is 17.2 Å². The Hall–Kier alpha value is -2.24. The third-order valence-corrected chi connectivity index (χ3v) is 3.96. The standard InChI is InChI=1S/C15H17FN2O3/c1-7(2)15(4)14(21)17-12(18-15)10-9(13(19)20)6-5-8(3)11(10)16/h5-7H,1-4H3,(H,19,20)(H,17,18,21). The summed E-state index contributed by atoms with van der Waals surface area (Å²) in [5.74, 6) is -2.42. The molecule has 2 rings (SSSR count). The number of aryl methyl sites for hydroxylation is 1. The molecule has 1 unspecified atom stereocenters. The Bertz CT molecular complexity index is 667. The number of nitrogens with one attached hydrogen (secondary N) is 1. The number of hydrogen-bond donors (Lipinski definition) is 2. The van der Waals surface area contributed by atoms with Gasteiger partial charge in [0, 0.05) is 0 Å². The van der Waals surface area contributed by atoms with Crippen LogP contribution in [0.3, 0.4) is 0 Å². The first kappa shape index (κ1) is 15.2. The quantitative estimate of drug-likeness (QED) is 0.895. The molecule has 0 bridgehead atoms. The fourth-order valence-electron chi connectivity index (χ4n) is 2.14. The number of carboxylic acid groups (broad SMARTS) is 1. The van der Waals surface area contributed by atoms with E-state index in [2.05, 4.69) is 10.3 Å². The van der Waals surface area contributed by atoms with Gasteiger partial charge in [-0.25, -0.2) is 9.18 Å². The van der Waals surface area contributed by atoms with Crippen molar-refractivity contribution in [3.63, 3.8) is 0 Å². The van der Waals surface area contributed by atoms with Gasteiger partial charge >= 0.3 is 5.97 Å². The molecular weight excluding hydrogens is 275 g/mol. The first-order valence-corrected chi connectivity index (χ1v) is 6.62. The highest BCUT2D eigenvalue weighted by Gasteiger charge is 2.43. The van der Waals surface area contributed by atoms with Crippen molar-refractivity contribution in [3.05, 3.63) is 34.6 Å². The molecule has 1 aliphatic heterocycles. The SMILES string of the molecule is Cc1ccc(C(=O)O)c(C2=NC(C)(C(C)C)C(=O)N2)c1F. The van der Waals surface area contributed by atoms with Gasteiger partial charge in [-0.3, -0.25) is 9.79 Å². The van der Waals surface area contributed by atoms with Gasteiger partial charge in [-0.2, -0.15) is 0 Å². The average molecular weight is 292 g/mol. The highest BCUT2D eigenvalue weighted by Crippen LogP contribution is 2.29. The highest BCUT2D eigenvalue weighted by molar-refractivity contribution is 6.18. The van der Waals surface area contributed by atoms with E-state index in [1.165, 1.54) is 19.1 Å². The van der Waals surface area contributed by atoms with Gasteiger partial charge in [0.15, 0.2) is 0 Å². The number of hydrogen-bond acceptors (Lipinski definition) is 3. The fraction of sp³-hybridized carbons (Fsp3) is 0.400. The number of nitrogens with zero attached hydrogens (tertiary/aromatic N) is 1. The number of carboxylic acids is 1. The van der Waals surface area contributed by atoms with Crippen molar-refractivity contribution in [3.8, 4) is 0 Å². The predicted molar refractivity (Wildman–Crippen MR) is 76.0 cm³/mol. The molecule has 1 aliphatic rings. The summed E-state index contributed by atoms with van der Waals surface area (Å²) in [5, 5.41) is 11.7. The minimum absolute atomic E-state index is 0.0187. The maximum atomic E-state index is 14.4. The van der Waals surface area contributed by atoms with E-state index in [-0.39, 0.29) is 28.8 Å². The molecule has 2 N–H and O–H groups in total. The number of rotatable bonds is 3. The zero-order valence-electron chi connectivity index (χ0n) is 12.3. The van der Waals surface area contributed by atoms with Crippen LogP contribution in [0.5, 0.6) is 0 Å². The summed E-state index contributed by atoms with van der Waals surface area (Å²) in [6, 6.07) is 2.71. The summed E-state index contributed by atoms with van der Waals surface area (Å²) in [6.07, 6.45) is 0. The van der Waals surface area contributed by atoms with Crippen LogP contribution in [0.25, 0.3) is 0 Å². The lowest BCUT2D eigenvalue weighted by atomic mass is 9.89. The number of amides is 1. The number of amidine groups is 1. The summed E-state index contributed by atoms with van der Waals surface area (Å²) in [7, 11) is 0. The summed E-state index contributed by atoms with van der Waals surface area (Å²) < 4.78 is 14.4. The minimum atomic E-state index is -1.26. The molecule has 112 valence electrons. The molecule has 1 aromatic carbocycles. The monoisotopic (exact) mass is 292 g/mol. The lowest BCUT2D eigenvalue weighted by Crippen LogP contribution is -2.41. The third kappa shape index (κ3) is 2.30. The van der Waals surface area contributed by atoms with Crippen molar-refractivity contribution in [1.29, 1.82) is 0 Å². The van der Waals surface area contributed by atoms with Crippen molar-refractivity contribution in [2.75, 3.05) is 0 Å². The maximum absolute atomic E-state index is 14.4. The van der Waals surface area contributed by atoms with E-state index in [4.69, 9.17) is 0 Å². The van der Waals surface area contributed by atoms with Crippen LogP contribution >= 0.6 is 0 Å². The fourth-order valence-corrected chi connectivity index (χ4v) is 2.14. The zero-order valence-corrected chi connectivity index (χ0v) is 12.3. The number of halogens is 1. The van der Waals surface area contributed by atoms with Crippen LogP contribution < -0.4 is 5.32 Å². The van der Waals surface area contributed by atoms with Gasteiger partial charge in [-0.05, 0) is 31.4 Å². The van der Waals surface area contributed by atoms with E-state index >= 15 is 0 Å². The van der Waals surface area contributed by atoms with E-state index in [1.807, 2.05) is 13.8 Å². The first-order valence-electron chi connectivity index (χ1n) is 6.62. The topological polar surface area (TPSA) is 78.8 Å². The molecule has 0 spiro atoms. The Labute approximate surface area is 121 Å². The van der Waals surface area contributed by atoms with E-state index in [0.29, 0.717) is 5.56 Å². The second-order valence-corrected chi connectivity index (χ2v) is 5.64. The molecule has 0 radical (unpaired) electrons. The Morgan fingerprint density at radius 3 is 2.52 bits per heavy atom. The lowest BCUT2D eigenvalue weighted by Gasteiger charge is -2.21. The summed E-state index contributed by atoms with van der Waals surface area (Å²) in [5.41, 5.74) is -1.11. The van der Waals surface area contributed by atoms with Crippen LogP contribution in [0, 0.1) is 18.7 Å². The van der Waals surface area contributed by atoms with Gasteiger partial charge in [0.25, 0.3) is 5.91 Å². The van der Waals surface area contributed by atoms with Crippen molar-refractivity contribution in [2.24, 2.45) is 10.9 Å². The average Bonchev–Trinajstić information content (AvgIpc) is 2.69. The second kappa shape index (κ2) is 4.95. The molecule has 0 saturated heterocycles. The molecule has 0 fully saturated rings. The minimum Gasteiger partial charge on any atom is -0.478 e. The molecule has 1 aromatic rings. The molecule has 0 aliphatic carbocycles. The van der Waals surface area contributed by atoms with Crippen molar-refractivity contribution >= 4 is 17.7 Å². The molecule has 1 heterocycles. The number of aliphatic imine (C=N–C) groups is 1. The van der Waals surface area contributed by atoms with Crippen LogP contribution in [0.1, 0.15) is 42.3 Å². The van der Waals surface area contributed by atoms with Gasteiger partial charge < -0.3 is 10.4 Å². The largest absolute Gasteiger partial charge is 0.478 e. The Morgan fingerprint density at radius 1 is 1.43 bits per heavy atom. The predicted octanol–water partition coefficient (Wildman–Crippen LogP) is 2.12. The molecule has 21 heavy (non-hydrogen) atoms. The lowest BCUT2D eigenvalue weighted by molar-refractivity contribution is -0.124. The molecular formula is C15H17FN2O3. The van der Waals surface area contributed by atoms with Crippen molar-refractivity contribution < 1.29 is 19.1 Å². The summed E-state index contributed by atoms with van der Waals surface area (Å²) in [6.45, 7) is 6.84. The van der Waals surface area contributed by atoms with E-state index < -0.39 is 17.3 Å². The smallest absolute Gasteiger partial charge is 0.336 e. The maximum Gasteiger partial charge on any atom is 0.336 e. The first-order chi connectivity index (χ1) is 9.68. The highest BCUT2D eigenvalue weighted by atomic mass is 19.1. The van der Waals surface area contributed by atoms with Crippen molar-refractivity contribution in [1.82, 2.24) is 5.32 Å². The van der Waals surface area contributed by atoms with E-state index in [0.717, 1.165) is 0 Å². The molecule has 0 saturated carbocycles. The Morgan fingerprint density at radius 2 is 2.05 bits per heavy atom. The van der Waals surface area contributed by atoms with Gasteiger partial charge in [-0.1, -0.05) is 19.9 Å². The molecule has 6 heteroatoms. The number of aromatic carboxylic acids is 1. The van der Waals surface area contributed by atoms with E-state index in [1.54, 1.807) is 6.92 Å². The van der Waals surface area contributed by atoms with Crippen molar-refractivity contribution in [2.45, 2.75) is 33.2 Å². The van der Waals surface area contributed by atoms with Crippen LogP contribution in [0.15, 0.2) is 17.1 Å². The number of benzene rings is 1. The second-order valence-electron chi connectivity index (χ2n) is 5.64. The zero-order chi connectivity index (χ0) is 15.9. The van der Waals surface area contributed by atoms with Gasteiger partial charge in [-0.15, -0.1) is 0 Å². The molecule has 5 nitrogen and oxygen atoms in total. The molecule has 0 aromatic heterocycles. The van der Waals surface area contributed by atoms with Gasteiger partial charge in [0.05, 0.1) is 11.1 Å². The summed E-state index contributed by atoms with van der Waals surface area (Å²) >= 11 is 0. The normalized spacial score (nSPS) is 21.4. The number of carbonyl (C=O) groups is 2. The van der Waals surface area contributed by atoms with Gasteiger partial charge in [0.2, 0.25) is 0 Å². The van der Waals surface area contributed by atoms with Crippen LogP contribution in [-0.4, -0.2) is 28.4 Å². The Balaban J connectivity index is 2.66. The molecule has 1 atom stereocenters. The van der Waals surface area contributed by atoms with Crippen LogP contribution in [0.2, 0.25) is 0 Å². The van der Waals surface area contributed by atoms with E-state index in [9.17, 15) is 19.1 Å². The third-order valence-electron chi connectivity index (χ3n) is 3.96. The number of carbonyl (C=O) groups excluding carboxylic acids is 1.